The lowest BCUT2D eigenvalue weighted by atomic mass is 9.59. The molecule has 3 atom stereocenters. The fraction of sp³-hybridized carbons (Fsp3) is 0.280. The Hall–Kier alpha value is -4.18. The van der Waals surface area contributed by atoms with E-state index in [-0.39, 0.29) is 36.1 Å². The van der Waals surface area contributed by atoms with E-state index in [1.807, 2.05) is 0 Å². The number of phenolic OH excluding ortho intramolecular Hbond substituents is 1. The first-order valence-electron chi connectivity index (χ1n) is 10.9. The van der Waals surface area contributed by atoms with Crippen LogP contribution in [-0.4, -0.2) is 55.6 Å². The van der Waals surface area contributed by atoms with Crippen LogP contribution >= 0.6 is 0 Å². The van der Waals surface area contributed by atoms with Crippen LogP contribution in [0.5, 0.6) is 11.6 Å². The van der Waals surface area contributed by atoms with Crippen LogP contribution in [0.3, 0.4) is 0 Å². The zero-order valence-corrected chi connectivity index (χ0v) is 18.6. The first-order valence-corrected chi connectivity index (χ1v) is 10.9. The highest BCUT2D eigenvalue weighted by molar-refractivity contribution is 6.22. The van der Waals surface area contributed by atoms with Gasteiger partial charge in [0.05, 0.1) is 12.7 Å². The third kappa shape index (κ3) is 3.06. The number of ketones is 2. The van der Waals surface area contributed by atoms with Gasteiger partial charge in [0.2, 0.25) is 11.7 Å². The van der Waals surface area contributed by atoms with Crippen molar-refractivity contribution >= 4 is 23.2 Å². The minimum atomic E-state index is -2.58. The van der Waals surface area contributed by atoms with Crippen molar-refractivity contribution in [1.82, 2.24) is 4.98 Å². The van der Waals surface area contributed by atoms with Crippen molar-refractivity contribution in [1.29, 1.82) is 0 Å². The normalized spacial score (nSPS) is 25.7. The van der Waals surface area contributed by atoms with Gasteiger partial charge in [-0.1, -0.05) is 6.07 Å². The van der Waals surface area contributed by atoms with Crippen LogP contribution in [0.1, 0.15) is 24.0 Å². The molecule has 3 aliphatic rings. The van der Waals surface area contributed by atoms with Gasteiger partial charge in [0.1, 0.15) is 22.8 Å². The highest BCUT2D eigenvalue weighted by Gasteiger charge is 2.60. The van der Waals surface area contributed by atoms with Crippen LogP contribution < -0.4 is 10.5 Å². The SMILES string of the molecule is COc1ccc(-c2ccc(O)c3c2CC2CC4CC(=O)C(C(N)=O)=C(O)C4(O)C(=O)C2=C3O)cn1. The summed E-state index contributed by atoms with van der Waals surface area (Å²) >= 11 is 0. The summed E-state index contributed by atoms with van der Waals surface area (Å²) in [4.78, 5) is 41.9. The number of aromatic hydroxyl groups is 1. The maximum absolute atomic E-state index is 13.5. The Balaban J connectivity index is 1.68. The van der Waals surface area contributed by atoms with Gasteiger partial charge in [0.25, 0.3) is 5.91 Å². The van der Waals surface area contributed by atoms with Gasteiger partial charge < -0.3 is 30.9 Å². The Morgan fingerprint density at radius 3 is 2.51 bits per heavy atom. The first kappa shape index (κ1) is 22.6. The lowest BCUT2D eigenvalue weighted by molar-refractivity contribution is -0.147. The van der Waals surface area contributed by atoms with Crippen LogP contribution in [-0.2, 0) is 20.8 Å². The fourth-order valence-corrected chi connectivity index (χ4v) is 5.55. The molecule has 10 heteroatoms. The largest absolute Gasteiger partial charge is 0.508 e. The number of primary amides is 1. The molecule has 3 unspecified atom stereocenters. The maximum atomic E-state index is 13.5. The van der Waals surface area contributed by atoms with Crippen molar-refractivity contribution < 1.29 is 39.5 Å². The number of nitrogens with zero attached hydrogens (tertiary/aromatic N) is 1. The average molecular weight is 478 g/mol. The van der Waals surface area contributed by atoms with Crippen molar-refractivity contribution in [2.45, 2.75) is 24.9 Å². The number of hydrogen-bond acceptors (Lipinski definition) is 9. The number of carbonyl (C=O) groups excluding carboxylic acids is 3. The molecule has 1 fully saturated rings. The van der Waals surface area contributed by atoms with E-state index in [0.717, 1.165) is 0 Å². The molecule has 35 heavy (non-hydrogen) atoms. The molecule has 0 saturated heterocycles. The molecular weight excluding hydrogens is 456 g/mol. The minimum absolute atomic E-state index is 0.0328. The van der Waals surface area contributed by atoms with E-state index in [1.165, 1.54) is 13.2 Å². The maximum Gasteiger partial charge on any atom is 0.255 e. The zero-order chi connectivity index (χ0) is 25.2. The van der Waals surface area contributed by atoms with E-state index >= 15 is 0 Å². The van der Waals surface area contributed by atoms with Crippen molar-refractivity contribution in [3.63, 3.8) is 0 Å². The van der Waals surface area contributed by atoms with E-state index < -0.39 is 52.0 Å². The number of aliphatic hydroxyl groups is 3. The summed E-state index contributed by atoms with van der Waals surface area (Å²) in [6, 6.07) is 6.49. The molecule has 1 aromatic carbocycles. The van der Waals surface area contributed by atoms with Gasteiger partial charge in [-0.3, -0.25) is 14.4 Å². The predicted octanol–water partition coefficient (Wildman–Crippen LogP) is 1.49. The second-order valence-corrected chi connectivity index (χ2v) is 8.98. The number of ether oxygens (including phenoxy) is 1. The zero-order valence-electron chi connectivity index (χ0n) is 18.6. The van der Waals surface area contributed by atoms with Crippen LogP contribution in [0.2, 0.25) is 0 Å². The third-order valence-electron chi connectivity index (χ3n) is 7.20. The smallest absolute Gasteiger partial charge is 0.255 e. The quantitative estimate of drug-likeness (QED) is 0.408. The highest BCUT2D eigenvalue weighted by Crippen LogP contribution is 2.53. The number of carbonyl (C=O) groups is 3. The standard InChI is InChI=1S/C25H22N2O8/c1-35-17-5-2-10(9-27-17)13-3-4-15(28)19-14(13)7-11-6-12-8-16(29)20(24(26)33)23(32)25(12,34)22(31)18(11)21(19)30/h2-5,9,11-12,28,30,32,34H,6-8H2,1H3,(H2,26,33). The Morgan fingerprint density at radius 2 is 1.89 bits per heavy atom. The number of Topliss-reactive ketones (excluding diaryl/α,β-unsaturated/α-hetero) is 2. The molecule has 0 aliphatic heterocycles. The van der Waals surface area contributed by atoms with E-state index in [4.69, 9.17) is 10.5 Å². The van der Waals surface area contributed by atoms with Crippen molar-refractivity contribution in [2.24, 2.45) is 17.6 Å². The Morgan fingerprint density at radius 1 is 1.14 bits per heavy atom. The number of aliphatic hydroxyl groups excluding tert-OH is 2. The Labute approximate surface area is 199 Å². The number of nitrogens with two attached hydrogens (primary N) is 1. The molecule has 1 heterocycles. The first-order chi connectivity index (χ1) is 16.6. The number of rotatable bonds is 3. The molecule has 180 valence electrons. The van der Waals surface area contributed by atoms with Crippen LogP contribution in [0.25, 0.3) is 16.9 Å². The van der Waals surface area contributed by atoms with E-state index in [9.17, 15) is 34.8 Å². The second kappa shape index (κ2) is 7.67. The molecule has 0 bridgehead atoms. The monoisotopic (exact) mass is 478 g/mol. The van der Waals surface area contributed by atoms with Gasteiger partial charge in [0.15, 0.2) is 11.4 Å². The lowest BCUT2D eigenvalue weighted by Gasteiger charge is -2.46. The molecule has 10 nitrogen and oxygen atoms in total. The van der Waals surface area contributed by atoms with Crippen molar-refractivity contribution in [3.8, 4) is 22.8 Å². The van der Waals surface area contributed by atoms with Crippen LogP contribution in [0.15, 0.2) is 47.4 Å². The number of aromatic nitrogens is 1. The number of pyridine rings is 1. The van der Waals surface area contributed by atoms with E-state index in [2.05, 4.69) is 4.98 Å². The second-order valence-electron chi connectivity index (χ2n) is 8.98. The molecule has 2 aromatic rings. The number of methoxy groups -OCH3 is 1. The summed E-state index contributed by atoms with van der Waals surface area (Å²) in [5, 5.41) is 43.7. The Bertz CT molecular complexity index is 1370. The van der Waals surface area contributed by atoms with Crippen LogP contribution in [0, 0.1) is 11.8 Å². The summed E-state index contributed by atoms with van der Waals surface area (Å²) in [6.07, 6.45) is 1.50. The molecule has 0 radical (unpaired) electrons. The van der Waals surface area contributed by atoms with Crippen LogP contribution in [0.4, 0.5) is 0 Å². The number of benzene rings is 1. The average Bonchev–Trinajstić information content (AvgIpc) is 2.81. The van der Waals surface area contributed by atoms with Gasteiger partial charge >= 0.3 is 0 Å². The molecule has 1 aromatic heterocycles. The van der Waals surface area contributed by atoms with E-state index in [1.54, 1.807) is 24.4 Å². The molecule has 1 saturated carbocycles. The summed E-state index contributed by atoms with van der Waals surface area (Å²) in [5.41, 5.74) is 3.59. The summed E-state index contributed by atoms with van der Waals surface area (Å²) in [6.45, 7) is 0. The molecular formula is C25H22N2O8. The van der Waals surface area contributed by atoms with Gasteiger partial charge in [0, 0.05) is 35.7 Å². The fourth-order valence-electron chi connectivity index (χ4n) is 5.55. The van der Waals surface area contributed by atoms with E-state index in [0.29, 0.717) is 22.6 Å². The summed E-state index contributed by atoms with van der Waals surface area (Å²) in [5.74, 6) is -6.14. The Kier molecular flexibility index (Phi) is 4.95. The number of fused-ring (bicyclic) bond motifs is 3. The number of phenols is 1. The molecule has 6 N–H and O–H groups in total. The van der Waals surface area contributed by atoms with Gasteiger partial charge in [-0.05, 0) is 42.0 Å². The predicted molar refractivity (Wildman–Crippen MR) is 121 cm³/mol. The topological polar surface area (TPSA) is 180 Å². The third-order valence-corrected chi connectivity index (χ3v) is 7.20. The van der Waals surface area contributed by atoms with Gasteiger partial charge in [-0.15, -0.1) is 0 Å². The minimum Gasteiger partial charge on any atom is -0.508 e. The van der Waals surface area contributed by atoms with Crippen molar-refractivity contribution in [3.05, 3.63) is 58.5 Å². The number of amides is 1. The lowest BCUT2D eigenvalue weighted by Crippen LogP contribution is -2.58. The van der Waals surface area contributed by atoms with Gasteiger partial charge in [-0.2, -0.15) is 0 Å². The number of hydrogen-bond donors (Lipinski definition) is 5. The highest BCUT2D eigenvalue weighted by atomic mass is 16.5. The molecule has 1 amide bonds. The summed E-state index contributed by atoms with van der Waals surface area (Å²) < 4.78 is 5.10. The summed E-state index contributed by atoms with van der Waals surface area (Å²) in [7, 11) is 1.49. The van der Waals surface area contributed by atoms with Gasteiger partial charge in [-0.25, -0.2) is 4.98 Å². The van der Waals surface area contributed by atoms with Crippen molar-refractivity contribution in [2.75, 3.05) is 7.11 Å². The molecule has 5 rings (SSSR count). The molecule has 0 spiro atoms. The molecule has 3 aliphatic carbocycles.